The summed E-state index contributed by atoms with van der Waals surface area (Å²) in [6.45, 7) is 19.3. The predicted molar refractivity (Wildman–Crippen MR) is 332 cm³/mol. The quantitative estimate of drug-likeness (QED) is 0.0570. The van der Waals surface area contributed by atoms with Crippen LogP contribution >= 0.6 is 0 Å². The lowest BCUT2D eigenvalue weighted by molar-refractivity contribution is -0.374. The lowest BCUT2D eigenvalue weighted by Gasteiger charge is -2.66. The first-order valence-electron chi connectivity index (χ1n) is 35.2. The molecule has 4 aliphatic carbocycles. The Morgan fingerprint density at radius 3 is 1.56 bits per heavy atom. The minimum absolute atomic E-state index is 0.0194. The molecule has 0 radical (unpaired) electrons. The second-order valence-corrected chi connectivity index (χ2v) is 29.8. The molecule has 8 N–H and O–H groups in total. The van der Waals surface area contributed by atoms with Crippen molar-refractivity contribution in [2.45, 2.75) is 349 Å². The topological polar surface area (TPSA) is 362 Å². The molecule has 0 spiro atoms. The van der Waals surface area contributed by atoms with Gasteiger partial charge in [-0.05, 0) is 122 Å². The van der Waals surface area contributed by atoms with Gasteiger partial charge in [-0.15, -0.1) is 0 Å². The van der Waals surface area contributed by atoms with Crippen molar-refractivity contribution < 1.29 is 136 Å². The van der Waals surface area contributed by atoms with E-state index in [4.69, 9.17) is 85.3 Å². The fraction of sp³-hybridized carbons (Fsp3) is 0.971. The summed E-state index contributed by atoms with van der Waals surface area (Å²) in [6.07, 6.45) is -19.5. The van der Waals surface area contributed by atoms with Gasteiger partial charge in [-0.1, -0.05) is 27.7 Å². The van der Waals surface area contributed by atoms with Crippen molar-refractivity contribution in [1.82, 2.24) is 0 Å². The van der Waals surface area contributed by atoms with Gasteiger partial charge in [0.2, 0.25) is 0 Å². The molecule has 0 amide bonds. The van der Waals surface area contributed by atoms with Crippen LogP contribution in [0.25, 0.3) is 0 Å². The largest absolute Gasteiger partial charge is 0.462 e. The van der Waals surface area contributed by atoms with Gasteiger partial charge in [0.15, 0.2) is 37.7 Å². The first kappa shape index (κ1) is 76.6. The number of ether oxygens (including phenoxy) is 18. The molecular weight excluding hydrogens is 1260 g/mol. The van der Waals surface area contributed by atoms with Gasteiger partial charge in [0.1, 0.15) is 85.0 Å². The number of fused-ring (bicyclic) bond motifs is 5. The normalized spacial score (nSPS) is 51.3. The smallest absolute Gasteiger partial charge is 0.309 e. The lowest BCUT2D eigenvalue weighted by atomic mass is 9.42. The maximum absolute atomic E-state index is 13.1. The summed E-state index contributed by atoms with van der Waals surface area (Å²) < 4.78 is 112. The van der Waals surface area contributed by atoms with E-state index in [0.29, 0.717) is 19.3 Å². The van der Waals surface area contributed by atoms with Crippen molar-refractivity contribution in [2.24, 2.45) is 34.5 Å². The van der Waals surface area contributed by atoms with Gasteiger partial charge in [0, 0.05) is 61.0 Å². The third kappa shape index (κ3) is 14.6. The van der Waals surface area contributed by atoms with E-state index in [-0.39, 0.29) is 73.7 Å². The van der Waals surface area contributed by atoms with Gasteiger partial charge in [-0.3, -0.25) is 9.59 Å². The van der Waals surface area contributed by atoms with Crippen LogP contribution in [0.2, 0.25) is 0 Å². The average molecular weight is 1380 g/mol. The fourth-order valence-electron chi connectivity index (χ4n) is 18.5. The molecule has 4 saturated carbocycles. The molecule has 0 bridgehead atoms. The Kier molecular flexibility index (Phi) is 24.8. The lowest BCUT2D eigenvalue weighted by Crippen LogP contribution is -2.72. The Balaban J connectivity index is 0.683. The van der Waals surface area contributed by atoms with Crippen molar-refractivity contribution in [3.63, 3.8) is 0 Å². The van der Waals surface area contributed by atoms with Crippen LogP contribution in [0.3, 0.4) is 0 Å². The van der Waals surface area contributed by atoms with Crippen LogP contribution in [0.1, 0.15) is 160 Å². The Labute approximate surface area is 564 Å². The molecule has 0 aromatic rings. The van der Waals surface area contributed by atoms with E-state index < -0.39 is 207 Å². The number of hydrogen-bond acceptors (Lipinski definition) is 28. The number of esters is 2. The molecule has 0 aromatic heterocycles. The number of carbonyl (C=O) groups is 2. The molecule has 6 saturated heterocycles. The number of methoxy groups -OCH3 is 4. The van der Waals surface area contributed by atoms with Crippen LogP contribution in [0.15, 0.2) is 0 Å². The average Bonchev–Trinajstić information content (AvgIpc) is 1.40. The van der Waals surface area contributed by atoms with Gasteiger partial charge in [-0.2, -0.15) is 0 Å². The zero-order valence-electron chi connectivity index (χ0n) is 58.7. The van der Waals surface area contributed by atoms with Crippen molar-refractivity contribution in [3.8, 4) is 0 Å². The number of carbonyl (C=O) groups excluding carboxylic acids is 2. The third-order valence-corrected chi connectivity index (χ3v) is 24.5. The molecule has 0 aromatic carbocycles. The predicted octanol–water partition coefficient (Wildman–Crippen LogP) is 2.57. The molecule has 96 heavy (non-hydrogen) atoms. The van der Waals surface area contributed by atoms with Crippen LogP contribution in [0.4, 0.5) is 0 Å². The number of aliphatic hydroxyl groups is 8. The van der Waals surface area contributed by atoms with Crippen LogP contribution in [0.5, 0.6) is 0 Å². The second-order valence-electron chi connectivity index (χ2n) is 29.8. The van der Waals surface area contributed by atoms with Crippen LogP contribution in [-0.4, -0.2) is 277 Å². The van der Waals surface area contributed by atoms with Crippen molar-refractivity contribution in [1.29, 1.82) is 0 Å². The first-order valence-corrected chi connectivity index (χ1v) is 35.2. The van der Waals surface area contributed by atoms with Gasteiger partial charge >= 0.3 is 11.9 Å². The number of hydrogen-bond donors (Lipinski definition) is 8. The van der Waals surface area contributed by atoms with E-state index >= 15 is 0 Å². The SMILES string of the molecule is CCC(C)C(=O)O[C@H](C)[C@]1(O)CC[C@]2(O)[C@@H]3CC[C@H]4C[C@@H](O[C@H]5C[C@H](O)[C@H](O[C@H]6C[C@H](OC)[C@H](O[C@H]7C[C@@H](OC)[C@H](O[C@H]8C[C@@H](OC)[C@H](O[C@@H]9O[C@H](C)[C@@H](O[C@@H]%10O[C@H](CO)[C@@H](O)[C@H](O)[C@H]%10O)[C@@H](OC)[C@H]9O)[C@@H](C)O8)[C@@H](C)O7)[C@@H](C)O6)[C@@H](C)O5)CC[C@]4(C)[C@H]3C[C@@H](OC(C)=O)[C@]12C. The van der Waals surface area contributed by atoms with E-state index in [9.17, 15) is 50.4 Å². The van der Waals surface area contributed by atoms with Crippen molar-refractivity contribution in [3.05, 3.63) is 0 Å². The van der Waals surface area contributed by atoms with Gasteiger partial charge < -0.3 is 126 Å². The monoisotopic (exact) mass is 1380 g/mol. The summed E-state index contributed by atoms with van der Waals surface area (Å²) in [6, 6.07) is 0. The maximum Gasteiger partial charge on any atom is 0.309 e. The molecule has 10 fully saturated rings. The highest BCUT2D eigenvalue weighted by Gasteiger charge is 2.77. The van der Waals surface area contributed by atoms with E-state index in [0.717, 1.165) is 25.7 Å². The summed E-state index contributed by atoms with van der Waals surface area (Å²) in [4.78, 5) is 25.9. The summed E-state index contributed by atoms with van der Waals surface area (Å²) in [5, 5.41) is 90.1. The molecule has 554 valence electrons. The highest BCUT2D eigenvalue weighted by Crippen LogP contribution is 2.71. The van der Waals surface area contributed by atoms with Crippen molar-refractivity contribution in [2.75, 3.05) is 35.0 Å². The molecular formula is C68H114O28. The Hall–Kier alpha value is -2.02. The number of aliphatic hydroxyl groups excluding tert-OH is 6. The first-order chi connectivity index (χ1) is 45.4. The minimum Gasteiger partial charge on any atom is -0.462 e. The summed E-state index contributed by atoms with van der Waals surface area (Å²) >= 11 is 0. The van der Waals surface area contributed by atoms with E-state index in [1.54, 1.807) is 41.9 Å². The summed E-state index contributed by atoms with van der Waals surface area (Å²) in [7, 11) is 6.08. The van der Waals surface area contributed by atoms with E-state index in [1.165, 1.54) is 21.1 Å². The summed E-state index contributed by atoms with van der Waals surface area (Å²) in [5.41, 5.74) is -4.57. The molecule has 10 aliphatic rings. The molecule has 10 rings (SSSR count). The highest BCUT2D eigenvalue weighted by molar-refractivity contribution is 5.72. The Morgan fingerprint density at radius 2 is 1.04 bits per heavy atom. The van der Waals surface area contributed by atoms with E-state index in [2.05, 4.69) is 6.92 Å². The number of rotatable bonds is 22. The van der Waals surface area contributed by atoms with Crippen LogP contribution in [0, 0.1) is 34.5 Å². The fourth-order valence-corrected chi connectivity index (χ4v) is 18.5. The van der Waals surface area contributed by atoms with Crippen LogP contribution in [-0.2, 0) is 94.9 Å². The standard InChI is InChI=1S/C68H114O28/c1-16-30(2)62(76)88-36(8)67(77)21-22-68(78)40-18-17-38-23-39(19-20-65(38,10)41(40)24-47(66(67,68)11)89-37(9)70)90-48-25-42(71)56(31(3)83-48)92-49-26-43(79-12)57(32(4)84-49)93-50-27-44(80-13)58(33(5)85-50)94-51-28-45(81-14)59(34(6)86-51)95-64-55(75)61(82-15)60(35(7)87-64)96-63-54(74)53(73)52(72)46(29-69)91-63/h30-36,38-61,63-64,69,71-75,77-78H,16-29H2,1-15H3/t30?,31-,32-,33-,34-,35-,36-,38+,39+,40-,41+,42+,43+,44-,45-,46-,47-,48+,49+,50+,51+,52-,53+,54-,55-,56-,57-,58-,59-,60-,61+,63+,64+,65+,66-,67-,68+/m1/s1. The van der Waals surface area contributed by atoms with Gasteiger partial charge in [-0.25, -0.2) is 0 Å². The highest BCUT2D eigenvalue weighted by atomic mass is 16.8. The molecule has 28 heteroatoms. The second kappa shape index (κ2) is 31.1. The van der Waals surface area contributed by atoms with Gasteiger partial charge in [0.05, 0.1) is 84.6 Å². The zero-order valence-corrected chi connectivity index (χ0v) is 58.7. The summed E-state index contributed by atoms with van der Waals surface area (Å²) in [5.74, 6) is -1.24. The zero-order chi connectivity index (χ0) is 69.8. The molecule has 6 heterocycles. The Morgan fingerprint density at radius 1 is 0.531 bits per heavy atom. The Bertz CT molecular complexity index is 2530. The molecule has 1 unspecified atom stereocenters. The van der Waals surface area contributed by atoms with Crippen molar-refractivity contribution >= 4 is 11.9 Å². The van der Waals surface area contributed by atoms with Gasteiger partial charge in [0.25, 0.3) is 0 Å². The molecule has 28 nitrogen and oxygen atoms in total. The molecule has 37 atom stereocenters. The maximum atomic E-state index is 13.1. The van der Waals surface area contributed by atoms with Crippen LogP contribution < -0.4 is 0 Å². The van der Waals surface area contributed by atoms with E-state index in [1.807, 2.05) is 34.6 Å². The molecule has 6 aliphatic heterocycles. The minimum atomic E-state index is -1.68. The third-order valence-electron chi connectivity index (χ3n) is 24.5.